The maximum Gasteiger partial charge on any atom is 0.239 e. The second-order valence-corrected chi connectivity index (χ2v) is 6.44. The van der Waals surface area contributed by atoms with Gasteiger partial charge in [0.1, 0.15) is 23.6 Å². The third-order valence-corrected chi connectivity index (χ3v) is 4.30. The van der Waals surface area contributed by atoms with Crippen LogP contribution in [0.15, 0.2) is 24.3 Å². The van der Waals surface area contributed by atoms with Crippen molar-refractivity contribution in [1.82, 2.24) is 5.32 Å². The number of nitrogens with one attached hydrogen (secondary N) is 1. The number of benzene rings is 1. The monoisotopic (exact) mass is 350 g/mol. The number of hydrogen-bond donors (Lipinski definition) is 2. The molecule has 0 spiro atoms. The topological polar surface area (TPSA) is 82.8 Å². The van der Waals surface area contributed by atoms with Gasteiger partial charge in [-0.15, -0.1) is 0 Å². The van der Waals surface area contributed by atoms with Gasteiger partial charge in [0, 0.05) is 7.11 Å². The van der Waals surface area contributed by atoms with E-state index in [2.05, 4.69) is 12.2 Å². The molecule has 140 valence electrons. The molecule has 0 saturated heterocycles. The van der Waals surface area contributed by atoms with Crippen LogP contribution in [-0.2, 0) is 9.53 Å². The number of amides is 1. The highest BCUT2D eigenvalue weighted by Crippen LogP contribution is 2.25. The summed E-state index contributed by atoms with van der Waals surface area (Å²) in [7, 11) is 1.54. The van der Waals surface area contributed by atoms with Gasteiger partial charge in [0.2, 0.25) is 5.91 Å². The van der Waals surface area contributed by atoms with Gasteiger partial charge in [0.15, 0.2) is 0 Å². The molecule has 1 aromatic carbocycles. The second kappa shape index (κ2) is 10.3. The number of rotatable bonds is 9. The number of carbonyl (C=O) groups is 1. The van der Waals surface area contributed by atoms with Gasteiger partial charge in [-0.1, -0.05) is 13.3 Å². The minimum atomic E-state index is -0.650. The molecular weight excluding hydrogens is 320 g/mol. The molecule has 2 rings (SSSR count). The molecule has 3 atom stereocenters. The summed E-state index contributed by atoms with van der Waals surface area (Å²) < 4.78 is 16.7. The minimum Gasteiger partial charge on any atom is -0.494 e. The molecule has 1 saturated carbocycles. The van der Waals surface area contributed by atoms with Gasteiger partial charge in [-0.3, -0.25) is 4.79 Å². The predicted molar refractivity (Wildman–Crippen MR) is 96.9 cm³/mol. The third kappa shape index (κ3) is 6.21. The Morgan fingerprint density at radius 3 is 2.60 bits per heavy atom. The SMILES string of the molecule is CCCOc1ccc(OC2CCCCC2NC(=O)C(N)COC)cc1. The van der Waals surface area contributed by atoms with Crippen molar-refractivity contribution in [3.63, 3.8) is 0 Å². The quantitative estimate of drug-likeness (QED) is 0.714. The van der Waals surface area contributed by atoms with E-state index in [1.54, 1.807) is 0 Å². The highest BCUT2D eigenvalue weighted by molar-refractivity contribution is 5.82. The fraction of sp³-hybridized carbons (Fsp3) is 0.632. The summed E-state index contributed by atoms with van der Waals surface area (Å²) in [5.41, 5.74) is 5.81. The van der Waals surface area contributed by atoms with Crippen molar-refractivity contribution in [3.05, 3.63) is 24.3 Å². The van der Waals surface area contributed by atoms with Crippen LogP contribution in [0.25, 0.3) is 0 Å². The zero-order valence-electron chi connectivity index (χ0n) is 15.2. The number of methoxy groups -OCH3 is 1. The summed E-state index contributed by atoms with van der Waals surface area (Å²) in [6.07, 6.45) is 4.92. The molecule has 0 aliphatic heterocycles. The molecule has 6 heteroatoms. The molecule has 1 aliphatic carbocycles. The molecule has 0 bridgehead atoms. The lowest BCUT2D eigenvalue weighted by atomic mass is 9.92. The number of carbonyl (C=O) groups excluding carboxylic acids is 1. The van der Waals surface area contributed by atoms with E-state index in [0.717, 1.165) is 43.6 Å². The average molecular weight is 350 g/mol. The molecule has 1 aliphatic rings. The zero-order chi connectivity index (χ0) is 18.1. The van der Waals surface area contributed by atoms with Gasteiger partial charge >= 0.3 is 0 Å². The van der Waals surface area contributed by atoms with E-state index in [-0.39, 0.29) is 24.7 Å². The molecule has 1 amide bonds. The first-order chi connectivity index (χ1) is 12.1. The van der Waals surface area contributed by atoms with E-state index in [4.69, 9.17) is 19.9 Å². The molecule has 6 nitrogen and oxygen atoms in total. The van der Waals surface area contributed by atoms with Crippen LogP contribution in [0.5, 0.6) is 11.5 Å². The van der Waals surface area contributed by atoms with Gasteiger partial charge in [-0.05, 0) is 49.9 Å². The van der Waals surface area contributed by atoms with Gasteiger partial charge < -0.3 is 25.3 Å². The van der Waals surface area contributed by atoms with Gasteiger partial charge in [0.05, 0.1) is 19.3 Å². The summed E-state index contributed by atoms with van der Waals surface area (Å²) >= 11 is 0. The Kier molecular flexibility index (Phi) is 8.01. The number of hydrogen-bond acceptors (Lipinski definition) is 5. The van der Waals surface area contributed by atoms with E-state index in [9.17, 15) is 4.79 Å². The first kappa shape index (κ1) is 19.5. The van der Waals surface area contributed by atoms with Gasteiger partial charge in [0.25, 0.3) is 0 Å². The van der Waals surface area contributed by atoms with Crippen LogP contribution in [0.2, 0.25) is 0 Å². The Bertz CT molecular complexity index is 521. The maximum absolute atomic E-state index is 12.2. The van der Waals surface area contributed by atoms with Crippen molar-refractivity contribution >= 4 is 5.91 Å². The van der Waals surface area contributed by atoms with Crippen molar-refractivity contribution < 1.29 is 19.0 Å². The largest absolute Gasteiger partial charge is 0.494 e. The van der Waals surface area contributed by atoms with Gasteiger partial charge in [-0.25, -0.2) is 0 Å². The van der Waals surface area contributed by atoms with E-state index in [0.29, 0.717) is 6.61 Å². The van der Waals surface area contributed by atoms with Crippen molar-refractivity contribution in [2.75, 3.05) is 20.3 Å². The average Bonchev–Trinajstić information content (AvgIpc) is 2.63. The van der Waals surface area contributed by atoms with E-state index < -0.39 is 6.04 Å². The van der Waals surface area contributed by atoms with Gasteiger partial charge in [-0.2, -0.15) is 0 Å². The molecule has 1 aromatic rings. The first-order valence-electron chi connectivity index (χ1n) is 9.08. The highest BCUT2D eigenvalue weighted by atomic mass is 16.5. The van der Waals surface area contributed by atoms with Crippen LogP contribution >= 0.6 is 0 Å². The van der Waals surface area contributed by atoms with Crippen LogP contribution < -0.4 is 20.5 Å². The number of nitrogens with two attached hydrogens (primary N) is 1. The van der Waals surface area contributed by atoms with Crippen molar-refractivity contribution in [2.24, 2.45) is 5.73 Å². The standard InChI is InChI=1S/C19H30N2O4/c1-3-12-24-14-8-10-15(11-9-14)25-18-7-5-4-6-17(18)21-19(22)16(20)13-23-2/h8-11,16-18H,3-7,12-13,20H2,1-2H3,(H,21,22). The second-order valence-electron chi connectivity index (χ2n) is 6.44. The lowest BCUT2D eigenvalue weighted by Gasteiger charge is -2.33. The summed E-state index contributed by atoms with van der Waals surface area (Å²) in [5, 5.41) is 3.02. The number of ether oxygens (including phenoxy) is 3. The molecule has 0 heterocycles. The van der Waals surface area contributed by atoms with Crippen molar-refractivity contribution in [3.8, 4) is 11.5 Å². The van der Waals surface area contributed by atoms with E-state index in [1.807, 2.05) is 24.3 Å². The molecular formula is C19H30N2O4. The molecule has 1 fully saturated rings. The Morgan fingerprint density at radius 2 is 1.92 bits per heavy atom. The lowest BCUT2D eigenvalue weighted by Crippen LogP contribution is -2.53. The summed E-state index contributed by atoms with van der Waals surface area (Å²) in [6, 6.07) is 6.97. The van der Waals surface area contributed by atoms with Crippen LogP contribution in [0.3, 0.4) is 0 Å². The maximum atomic E-state index is 12.2. The molecule has 3 unspecified atom stereocenters. The van der Waals surface area contributed by atoms with Crippen molar-refractivity contribution in [2.45, 2.75) is 57.2 Å². The van der Waals surface area contributed by atoms with Crippen molar-refractivity contribution in [1.29, 1.82) is 0 Å². The Morgan fingerprint density at radius 1 is 1.24 bits per heavy atom. The molecule has 0 aromatic heterocycles. The Labute approximate surface area is 150 Å². The zero-order valence-corrected chi connectivity index (χ0v) is 15.2. The lowest BCUT2D eigenvalue weighted by molar-refractivity contribution is -0.125. The third-order valence-electron chi connectivity index (χ3n) is 4.30. The molecule has 3 N–H and O–H groups in total. The predicted octanol–water partition coefficient (Wildman–Crippen LogP) is 2.26. The van der Waals surface area contributed by atoms with Crippen LogP contribution in [0.4, 0.5) is 0 Å². The van der Waals surface area contributed by atoms with Crippen LogP contribution in [0, 0.1) is 0 Å². The Hall–Kier alpha value is -1.79. The fourth-order valence-electron chi connectivity index (χ4n) is 2.96. The minimum absolute atomic E-state index is 0.0276. The highest BCUT2D eigenvalue weighted by Gasteiger charge is 2.29. The normalized spacial score (nSPS) is 21.4. The Balaban J connectivity index is 1.92. The summed E-state index contributed by atoms with van der Waals surface area (Å²) in [5.74, 6) is 1.44. The molecule has 0 radical (unpaired) electrons. The summed E-state index contributed by atoms with van der Waals surface area (Å²) in [6.45, 7) is 3.00. The van der Waals surface area contributed by atoms with Crippen LogP contribution in [0.1, 0.15) is 39.0 Å². The first-order valence-corrected chi connectivity index (χ1v) is 9.08. The smallest absolute Gasteiger partial charge is 0.239 e. The summed E-state index contributed by atoms with van der Waals surface area (Å²) in [4.78, 5) is 12.2. The van der Waals surface area contributed by atoms with E-state index >= 15 is 0 Å². The fourth-order valence-corrected chi connectivity index (χ4v) is 2.96. The van der Waals surface area contributed by atoms with E-state index in [1.165, 1.54) is 7.11 Å². The molecule has 25 heavy (non-hydrogen) atoms. The van der Waals surface area contributed by atoms with Crippen LogP contribution in [-0.4, -0.2) is 44.4 Å².